The molecule has 1 aromatic heterocycles. The molecule has 20 heavy (non-hydrogen) atoms. The second-order valence-corrected chi connectivity index (χ2v) is 8.76. The van der Waals surface area contributed by atoms with E-state index < -0.39 is 20.6 Å². The van der Waals surface area contributed by atoms with E-state index in [2.05, 4.69) is 5.10 Å². The van der Waals surface area contributed by atoms with Crippen LogP contribution in [0, 0.1) is 0 Å². The molecule has 0 fully saturated rings. The Hall–Kier alpha value is -0.630. The molecule has 6 nitrogen and oxygen atoms in total. The Labute approximate surface area is 125 Å². The lowest BCUT2D eigenvalue weighted by atomic mass is 10.0. The number of nitrogens with two attached hydrogens (primary N) is 1. The van der Waals surface area contributed by atoms with Crippen molar-refractivity contribution in [3.63, 3.8) is 0 Å². The summed E-state index contributed by atoms with van der Waals surface area (Å²) in [5.74, 6) is 0. The summed E-state index contributed by atoms with van der Waals surface area (Å²) in [4.78, 5) is 2.01. The van der Waals surface area contributed by atoms with Crippen LogP contribution in [0.3, 0.4) is 0 Å². The van der Waals surface area contributed by atoms with Gasteiger partial charge in [-0.25, -0.2) is 8.42 Å². The maximum Gasteiger partial charge on any atom is 0.154 e. The van der Waals surface area contributed by atoms with Gasteiger partial charge in [0.1, 0.15) is 0 Å². The molecular weight excluding hydrogens is 300 g/mol. The molecule has 0 bridgehead atoms. The van der Waals surface area contributed by atoms with Crippen LogP contribution >= 0.6 is 11.6 Å². The molecule has 1 unspecified atom stereocenters. The van der Waals surface area contributed by atoms with Crippen molar-refractivity contribution in [2.75, 3.05) is 26.9 Å². The molecule has 1 aromatic rings. The molecule has 0 saturated heterocycles. The monoisotopic (exact) mass is 322 g/mol. The van der Waals surface area contributed by atoms with E-state index in [-0.39, 0.29) is 0 Å². The molecule has 8 heteroatoms. The van der Waals surface area contributed by atoms with Crippen LogP contribution in [0.1, 0.15) is 25.6 Å². The standard InChI is InChI=1S/C12H23ClN4O2S/c1-12(2,20(5,18)19)11(14)10-9(13)8-15-17(10)7-6-16(3)4/h8,11H,6-7,14H2,1-5H3. The largest absolute Gasteiger partial charge is 0.321 e. The van der Waals surface area contributed by atoms with Crippen molar-refractivity contribution in [3.05, 3.63) is 16.9 Å². The molecule has 0 aromatic carbocycles. The number of sulfone groups is 1. The maximum atomic E-state index is 11.9. The Kier molecular flexibility index (Phi) is 5.23. The maximum absolute atomic E-state index is 11.9. The first-order valence-corrected chi connectivity index (χ1v) is 8.56. The lowest BCUT2D eigenvalue weighted by molar-refractivity contribution is 0.362. The van der Waals surface area contributed by atoms with E-state index in [0.717, 1.165) is 6.54 Å². The zero-order valence-corrected chi connectivity index (χ0v) is 14.2. The Morgan fingerprint density at radius 3 is 2.50 bits per heavy atom. The molecule has 0 aliphatic rings. The van der Waals surface area contributed by atoms with Crippen LogP contribution < -0.4 is 5.73 Å². The van der Waals surface area contributed by atoms with E-state index in [1.807, 2.05) is 19.0 Å². The number of nitrogens with zero attached hydrogens (tertiary/aromatic N) is 3. The van der Waals surface area contributed by atoms with Gasteiger partial charge in [-0.1, -0.05) is 11.6 Å². The van der Waals surface area contributed by atoms with Crippen LogP contribution in [0.15, 0.2) is 6.20 Å². The predicted octanol–water partition coefficient (Wildman–Crippen LogP) is 0.921. The lowest BCUT2D eigenvalue weighted by Crippen LogP contribution is -2.43. The topological polar surface area (TPSA) is 81.2 Å². The smallest absolute Gasteiger partial charge is 0.154 e. The first kappa shape index (κ1) is 17.4. The lowest BCUT2D eigenvalue weighted by Gasteiger charge is -2.30. The zero-order valence-electron chi connectivity index (χ0n) is 12.6. The van der Waals surface area contributed by atoms with Crippen LogP contribution in [0.2, 0.25) is 5.02 Å². The number of likely N-dealkylation sites (N-methyl/N-ethyl adjacent to an activating group) is 1. The fraction of sp³-hybridized carbons (Fsp3) is 0.750. The van der Waals surface area contributed by atoms with Gasteiger partial charge in [-0.3, -0.25) is 4.68 Å². The van der Waals surface area contributed by atoms with E-state index in [4.69, 9.17) is 17.3 Å². The summed E-state index contributed by atoms with van der Waals surface area (Å²) in [6.07, 6.45) is 2.69. The van der Waals surface area contributed by atoms with Gasteiger partial charge in [0.15, 0.2) is 9.84 Å². The fourth-order valence-corrected chi connectivity index (χ4v) is 2.55. The molecule has 1 atom stereocenters. The summed E-state index contributed by atoms with van der Waals surface area (Å²) in [7, 11) is 0.572. The quantitative estimate of drug-likeness (QED) is 0.842. The van der Waals surface area contributed by atoms with Crippen molar-refractivity contribution in [2.45, 2.75) is 31.2 Å². The van der Waals surface area contributed by atoms with Crippen LogP contribution in [-0.2, 0) is 16.4 Å². The van der Waals surface area contributed by atoms with Gasteiger partial charge in [-0.05, 0) is 27.9 Å². The Balaban J connectivity index is 3.16. The van der Waals surface area contributed by atoms with Crippen molar-refractivity contribution in [1.82, 2.24) is 14.7 Å². The van der Waals surface area contributed by atoms with Gasteiger partial charge >= 0.3 is 0 Å². The van der Waals surface area contributed by atoms with Crippen LogP contribution in [0.5, 0.6) is 0 Å². The highest BCUT2D eigenvalue weighted by atomic mass is 35.5. The third kappa shape index (κ3) is 3.52. The minimum atomic E-state index is -3.33. The Morgan fingerprint density at radius 1 is 1.50 bits per heavy atom. The van der Waals surface area contributed by atoms with Crippen molar-refractivity contribution in [3.8, 4) is 0 Å². The summed E-state index contributed by atoms with van der Waals surface area (Å²) in [6, 6.07) is -0.741. The normalized spacial score (nSPS) is 14.8. The van der Waals surface area contributed by atoms with Gasteiger partial charge < -0.3 is 10.6 Å². The molecular formula is C12H23ClN4O2S. The number of hydrogen-bond donors (Lipinski definition) is 1. The second-order valence-electron chi connectivity index (χ2n) is 5.76. The highest BCUT2D eigenvalue weighted by Crippen LogP contribution is 2.33. The molecule has 1 heterocycles. The first-order chi connectivity index (χ1) is 8.98. The Morgan fingerprint density at radius 2 is 2.05 bits per heavy atom. The van der Waals surface area contributed by atoms with Crippen molar-refractivity contribution >= 4 is 21.4 Å². The van der Waals surface area contributed by atoms with E-state index in [0.29, 0.717) is 17.3 Å². The highest BCUT2D eigenvalue weighted by Gasteiger charge is 2.40. The number of halogens is 1. The van der Waals surface area contributed by atoms with Crippen LogP contribution in [0.4, 0.5) is 0 Å². The second kappa shape index (κ2) is 6.01. The average molecular weight is 323 g/mol. The first-order valence-electron chi connectivity index (χ1n) is 6.29. The molecule has 0 radical (unpaired) electrons. The van der Waals surface area contributed by atoms with Gasteiger partial charge in [0.2, 0.25) is 0 Å². The van der Waals surface area contributed by atoms with Crippen molar-refractivity contribution in [2.24, 2.45) is 5.73 Å². The predicted molar refractivity (Wildman–Crippen MR) is 81.6 cm³/mol. The molecule has 1 rings (SSSR count). The van der Waals surface area contributed by atoms with Gasteiger partial charge in [-0.2, -0.15) is 5.10 Å². The molecule has 2 N–H and O–H groups in total. The SMILES string of the molecule is CN(C)CCn1ncc(Cl)c1C(N)C(C)(C)S(C)(=O)=O. The summed E-state index contributed by atoms with van der Waals surface area (Å²) >= 11 is 6.14. The van der Waals surface area contributed by atoms with Gasteiger partial charge in [0.05, 0.1) is 34.2 Å². The number of hydrogen-bond acceptors (Lipinski definition) is 5. The summed E-state index contributed by atoms with van der Waals surface area (Å²) in [5.41, 5.74) is 6.73. The summed E-state index contributed by atoms with van der Waals surface area (Å²) < 4.78 is 24.4. The Bertz CT molecular complexity index is 566. The summed E-state index contributed by atoms with van der Waals surface area (Å²) in [5, 5.41) is 4.58. The fourth-order valence-electron chi connectivity index (χ4n) is 1.71. The molecule has 0 aliphatic carbocycles. The third-order valence-corrected chi connectivity index (χ3v) is 6.05. The van der Waals surface area contributed by atoms with Crippen LogP contribution in [-0.4, -0.2) is 54.7 Å². The van der Waals surface area contributed by atoms with Gasteiger partial charge in [0.25, 0.3) is 0 Å². The zero-order chi connectivity index (χ0) is 15.7. The average Bonchev–Trinajstić information content (AvgIpc) is 2.65. The molecule has 116 valence electrons. The minimum absolute atomic E-state index is 0.396. The molecule has 0 aliphatic heterocycles. The molecule has 0 spiro atoms. The molecule has 0 saturated carbocycles. The van der Waals surface area contributed by atoms with Gasteiger partial charge in [-0.15, -0.1) is 0 Å². The van der Waals surface area contributed by atoms with E-state index in [1.54, 1.807) is 18.5 Å². The minimum Gasteiger partial charge on any atom is -0.321 e. The van der Waals surface area contributed by atoms with E-state index in [1.165, 1.54) is 12.5 Å². The van der Waals surface area contributed by atoms with Crippen molar-refractivity contribution < 1.29 is 8.42 Å². The van der Waals surface area contributed by atoms with E-state index >= 15 is 0 Å². The third-order valence-electron chi connectivity index (χ3n) is 3.59. The number of rotatable bonds is 6. The highest BCUT2D eigenvalue weighted by molar-refractivity contribution is 7.92. The molecule has 0 amide bonds. The number of aromatic nitrogens is 2. The van der Waals surface area contributed by atoms with Crippen LogP contribution in [0.25, 0.3) is 0 Å². The van der Waals surface area contributed by atoms with Gasteiger partial charge in [0, 0.05) is 12.8 Å². The summed E-state index contributed by atoms with van der Waals surface area (Å²) in [6.45, 7) is 4.57. The van der Waals surface area contributed by atoms with Crippen molar-refractivity contribution in [1.29, 1.82) is 0 Å². The van der Waals surface area contributed by atoms with E-state index in [9.17, 15) is 8.42 Å².